The standard InChI is InChI=1S/C11H14N4OS/c1-8-7-17-10(14-8)6-12-11(16)9(2)15-5-3-4-13-15/h3-5,7,9H,6H2,1-2H3,(H,12,16)/t9-/m1/s1. The second-order valence-corrected chi connectivity index (χ2v) is 4.71. The lowest BCUT2D eigenvalue weighted by atomic mass is 10.3. The molecule has 0 fully saturated rings. The fraction of sp³-hybridized carbons (Fsp3) is 0.364. The van der Waals surface area contributed by atoms with E-state index in [4.69, 9.17) is 0 Å². The van der Waals surface area contributed by atoms with E-state index in [2.05, 4.69) is 15.4 Å². The lowest BCUT2D eigenvalue weighted by molar-refractivity contribution is -0.124. The molecule has 1 amide bonds. The molecular weight excluding hydrogens is 236 g/mol. The Kier molecular flexibility index (Phi) is 3.53. The average molecular weight is 250 g/mol. The van der Waals surface area contributed by atoms with Gasteiger partial charge in [-0.1, -0.05) is 0 Å². The normalized spacial score (nSPS) is 12.4. The maximum absolute atomic E-state index is 11.8. The minimum atomic E-state index is -0.300. The number of aromatic nitrogens is 3. The quantitative estimate of drug-likeness (QED) is 0.895. The topological polar surface area (TPSA) is 59.8 Å². The average Bonchev–Trinajstić information content (AvgIpc) is 2.95. The molecule has 2 heterocycles. The third-order valence-corrected chi connectivity index (χ3v) is 3.35. The predicted octanol–water partition coefficient (Wildman–Crippen LogP) is 1.53. The molecule has 2 aromatic heterocycles. The smallest absolute Gasteiger partial charge is 0.244 e. The van der Waals surface area contributed by atoms with E-state index in [1.54, 1.807) is 34.5 Å². The van der Waals surface area contributed by atoms with E-state index in [1.807, 2.05) is 19.2 Å². The van der Waals surface area contributed by atoms with Gasteiger partial charge in [-0.15, -0.1) is 11.3 Å². The first kappa shape index (κ1) is 11.8. The molecule has 0 saturated heterocycles. The number of thiazole rings is 1. The molecule has 0 aliphatic rings. The Morgan fingerprint density at radius 3 is 3.06 bits per heavy atom. The molecule has 5 nitrogen and oxygen atoms in total. The lowest BCUT2D eigenvalue weighted by Gasteiger charge is -2.11. The minimum Gasteiger partial charge on any atom is -0.348 e. The summed E-state index contributed by atoms with van der Waals surface area (Å²) in [5.74, 6) is -0.0541. The van der Waals surface area contributed by atoms with Crippen LogP contribution in [-0.4, -0.2) is 20.7 Å². The second kappa shape index (κ2) is 5.09. The molecule has 2 aromatic rings. The van der Waals surface area contributed by atoms with E-state index >= 15 is 0 Å². The number of hydrogen-bond acceptors (Lipinski definition) is 4. The van der Waals surface area contributed by atoms with E-state index in [-0.39, 0.29) is 11.9 Å². The van der Waals surface area contributed by atoms with Crippen LogP contribution in [0.3, 0.4) is 0 Å². The van der Waals surface area contributed by atoms with Gasteiger partial charge < -0.3 is 5.32 Å². The molecule has 0 radical (unpaired) electrons. The number of amides is 1. The van der Waals surface area contributed by atoms with Gasteiger partial charge in [-0.25, -0.2) is 4.98 Å². The molecule has 0 aliphatic heterocycles. The molecule has 1 N–H and O–H groups in total. The largest absolute Gasteiger partial charge is 0.348 e. The van der Waals surface area contributed by atoms with Crippen molar-refractivity contribution in [1.82, 2.24) is 20.1 Å². The molecule has 0 spiro atoms. The monoisotopic (exact) mass is 250 g/mol. The molecule has 0 bridgehead atoms. The SMILES string of the molecule is Cc1csc(CNC(=O)[C@@H](C)n2cccn2)n1. The summed E-state index contributed by atoms with van der Waals surface area (Å²) in [4.78, 5) is 16.1. The van der Waals surface area contributed by atoms with Crippen molar-refractivity contribution in [2.24, 2.45) is 0 Å². The van der Waals surface area contributed by atoms with E-state index in [0.29, 0.717) is 6.54 Å². The van der Waals surface area contributed by atoms with Crippen molar-refractivity contribution in [2.45, 2.75) is 26.4 Å². The zero-order chi connectivity index (χ0) is 12.3. The van der Waals surface area contributed by atoms with Gasteiger partial charge in [-0.3, -0.25) is 9.48 Å². The Bertz CT molecular complexity index is 491. The number of rotatable bonds is 4. The summed E-state index contributed by atoms with van der Waals surface area (Å²) in [6.07, 6.45) is 3.44. The summed E-state index contributed by atoms with van der Waals surface area (Å²) in [6, 6.07) is 1.50. The Balaban J connectivity index is 1.89. The summed E-state index contributed by atoms with van der Waals surface area (Å²) in [5, 5.41) is 9.78. The summed E-state index contributed by atoms with van der Waals surface area (Å²) >= 11 is 1.55. The van der Waals surface area contributed by atoms with Gasteiger partial charge in [0.2, 0.25) is 5.91 Å². The highest BCUT2D eigenvalue weighted by molar-refractivity contribution is 7.09. The Morgan fingerprint density at radius 2 is 2.47 bits per heavy atom. The van der Waals surface area contributed by atoms with E-state index in [9.17, 15) is 4.79 Å². The summed E-state index contributed by atoms with van der Waals surface area (Å²) in [5.41, 5.74) is 0.986. The number of carbonyl (C=O) groups excluding carboxylic acids is 1. The zero-order valence-corrected chi connectivity index (χ0v) is 10.6. The van der Waals surface area contributed by atoms with Crippen molar-refractivity contribution in [1.29, 1.82) is 0 Å². The Labute approximate surface area is 103 Å². The van der Waals surface area contributed by atoms with Gasteiger partial charge in [0.1, 0.15) is 11.0 Å². The van der Waals surface area contributed by atoms with E-state index in [1.165, 1.54) is 0 Å². The molecule has 0 saturated carbocycles. The van der Waals surface area contributed by atoms with Crippen LogP contribution in [0.25, 0.3) is 0 Å². The number of aryl methyl sites for hydroxylation is 1. The third-order valence-electron chi connectivity index (χ3n) is 2.38. The van der Waals surface area contributed by atoms with E-state index in [0.717, 1.165) is 10.7 Å². The van der Waals surface area contributed by atoms with Crippen molar-refractivity contribution in [2.75, 3.05) is 0 Å². The first-order valence-corrected chi connectivity index (χ1v) is 6.22. The van der Waals surface area contributed by atoms with Crippen molar-refractivity contribution in [3.63, 3.8) is 0 Å². The first-order valence-electron chi connectivity index (χ1n) is 5.34. The van der Waals surface area contributed by atoms with Crippen LogP contribution in [0.2, 0.25) is 0 Å². The summed E-state index contributed by atoms with van der Waals surface area (Å²) < 4.78 is 1.63. The van der Waals surface area contributed by atoms with Crippen LogP contribution in [0.15, 0.2) is 23.8 Å². The Hall–Kier alpha value is -1.69. The fourth-order valence-electron chi connectivity index (χ4n) is 1.42. The van der Waals surface area contributed by atoms with Gasteiger partial charge in [0.15, 0.2) is 0 Å². The van der Waals surface area contributed by atoms with Gasteiger partial charge in [-0.2, -0.15) is 5.10 Å². The zero-order valence-electron chi connectivity index (χ0n) is 9.75. The van der Waals surface area contributed by atoms with Crippen LogP contribution < -0.4 is 5.32 Å². The number of hydrogen-bond donors (Lipinski definition) is 1. The van der Waals surface area contributed by atoms with Crippen LogP contribution in [-0.2, 0) is 11.3 Å². The maximum Gasteiger partial charge on any atom is 0.244 e. The van der Waals surface area contributed by atoms with Crippen molar-refractivity contribution in [3.8, 4) is 0 Å². The number of carbonyl (C=O) groups is 1. The molecule has 0 aromatic carbocycles. The highest BCUT2D eigenvalue weighted by Crippen LogP contribution is 2.09. The van der Waals surface area contributed by atoms with Crippen LogP contribution in [0.1, 0.15) is 23.7 Å². The highest BCUT2D eigenvalue weighted by Gasteiger charge is 2.14. The van der Waals surface area contributed by atoms with Gasteiger partial charge >= 0.3 is 0 Å². The number of nitrogens with zero attached hydrogens (tertiary/aromatic N) is 3. The predicted molar refractivity (Wildman–Crippen MR) is 65.6 cm³/mol. The molecule has 17 heavy (non-hydrogen) atoms. The van der Waals surface area contributed by atoms with Crippen molar-refractivity contribution >= 4 is 17.2 Å². The molecular formula is C11H14N4OS. The van der Waals surface area contributed by atoms with Crippen LogP contribution in [0.4, 0.5) is 0 Å². The molecule has 90 valence electrons. The van der Waals surface area contributed by atoms with Gasteiger partial charge in [-0.05, 0) is 19.9 Å². The lowest BCUT2D eigenvalue weighted by Crippen LogP contribution is -2.30. The number of nitrogens with one attached hydrogen (secondary N) is 1. The summed E-state index contributed by atoms with van der Waals surface area (Å²) in [6.45, 7) is 4.23. The van der Waals surface area contributed by atoms with Crippen molar-refractivity contribution in [3.05, 3.63) is 34.5 Å². The highest BCUT2D eigenvalue weighted by atomic mass is 32.1. The first-order chi connectivity index (χ1) is 8.16. The van der Waals surface area contributed by atoms with Crippen molar-refractivity contribution < 1.29 is 4.79 Å². The molecule has 0 aliphatic carbocycles. The minimum absolute atomic E-state index is 0.0541. The molecule has 1 atom stereocenters. The second-order valence-electron chi connectivity index (χ2n) is 3.76. The van der Waals surface area contributed by atoms with Gasteiger partial charge in [0, 0.05) is 23.5 Å². The molecule has 6 heteroatoms. The van der Waals surface area contributed by atoms with Gasteiger partial charge in [0.25, 0.3) is 0 Å². The van der Waals surface area contributed by atoms with E-state index < -0.39 is 0 Å². The van der Waals surface area contributed by atoms with Crippen LogP contribution >= 0.6 is 11.3 Å². The van der Waals surface area contributed by atoms with Crippen LogP contribution in [0, 0.1) is 6.92 Å². The third kappa shape index (κ3) is 2.91. The molecule has 2 rings (SSSR count). The van der Waals surface area contributed by atoms with Crippen LogP contribution in [0.5, 0.6) is 0 Å². The van der Waals surface area contributed by atoms with Gasteiger partial charge in [0.05, 0.1) is 6.54 Å². The Morgan fingerprint density at radius 1 is 1.65 bits per heavy atom. The molecule has 0 unspecified atom stereocenters. The summed E-state index contributed by atoms with van der Waals surface area (Å²) in [7, 11) is 0. The fourth-order valence-corrected chi connectivity index (χ4v) is 2.14. The maximum atomic E-state index is 11.8.